The summed E-state index contributed by atoms with van der Waals surface area (Å²) in [6.07, 6.45) is 0.559. The highest BCUT2D eigenvalue weighted by molar-refractivity contribution is 7.15. The summed E-state index contributed by atoms with van der Waals surface area (Å²) >= 11 is 7.46. The van der Waals surface area contributed by atoms with Crippen LogP contribution < -0.4 is 16.4 Å². The van der Waals surface area contributed by atoms with E-state index in [1.165, 1.54) is 24.3 Å². The highest BCUT2D eigenvalue weighted by atomic mass is 35.5. The van der Waals surface area contributed by atoms with Crippen LogP contribution in [0.5, 0.6) is 0 Å². The average Bonchev–Trinajstić information content (AvgIpc) is 3.09. The van der Waals surface area contributed by atoms with Crippen molar-refractivity contribution in [2.75, 3.05) is 11.9 Å². The van der Waals surface area contributed by atoms with Crippen LogP contribution in [0.4, 0.5) is 5.69 Å². The van der Waals surface area contributed by atoms with E-state index in [4.69, 9.17) is 17.3 Å². The number of benzene rings is 2. The molecule has 2 aromatic carbocycles. The Morgan fingerprint density at radius 2 is 1.70 bits per heavy atom. The molecule has 0 spiro atoms. The van der Waals surface area contributed by atoms with Gasteiger partial charge in [0.15, 0.2) is 0 Å². The largest absolute Gasteiger partial charge is 0.366 e. The van der Waals surface area contributed by atoms with Crippen molar-refractivity contribution in [1.29, 1.82) is 0 Å². The number of aryl methyl sites for hydroxylation is 1. The van der Waals surface area contributed by atoms with Crippen LogP contribution in [-0.4, -0.2) is 29.3 Å². The number of hydrogen-bond acceptors (Lipinski definition) is 5. The number of aromatic nitrogens is 1. The maximum atomic E-state index is 12.0. The van der Waals surface area contributed by atoms with Crippen LogP contribution in [0.15, 0.2) is 48.5 Å². The van der Waals surface area contributed by atoms with Crippen molar-refractivity contribution in [3.05, 3.63) is 69.7 Å². The summed E-state index contributed by atoms with van der Waals surface area (Å²) in [5.74, 6) is -2.10. The van der Waals surface area contributed by atoms with Crippen molar-refractivity contribution in [3.63, 3.8) is 0 Å². The minimum Gasteiger partial charge on any atom is -0.366 e. The van der Waals surface area contributed by atoms with Gasteiger partial charge in [0.05, 0.1) is 5.69 Å². The van der Waals surface area contributed by atoms with E-state index in [0.717, 1.165) is 21.1 Å². The third-order valence-corrected chi connectivity index (χ3v) is 5.77. The number of primary amides is 1. The first-order valence-electron chi connectivity index (χ1n) is 9.05. The summed E-state index contributed by atoms with van der Waals surface area (Å²) in [4.78, 5) is 40.7. The molecule has 30 heavy (non-hydrogen) atoms. The number of thiazole rings is 1. The number of rotatable bonds is 6. The van der Waals surface area contributed by atoms with Crippen LogP contribution in [0, 0.1) is 6.92 Å². The molecule has 0 saturated carbocycles. The van der Waals surface area contributed by atoms with Gasteiger partial charge in [-0.25, -0.2) is 4.98 Å². The molecule has 0 saturated heterocycles. The third kappa shape index (κ3) is 5.43. The molecule has 0 bridgehead atoms. The number of carbonyl (C=O) groups is 3. The molecular formula is C21H19ClN4O3S. The Morgan fingerprint density at radius 3 is 2.33 bits per heavy atom. The predicted octanol–water partition coefficient (Wildman–Crippen LogP) is 3.17. The fraction of sp³-hybridized carbons (Fsp3) is 0.143. The lowest BCUT2D eigenvalue weighted by Gasteiger charge is -2.06. The topological polar surface area (TPSA) is 114 Å². The number of halogens is 1. The number of hydrogen-bond donors (Lipinski definition) is 3. The summed E-state index contributed by atoms with van der Waals surface area (Å²) in [7, 11) is 0. The number of nitrogens with one attached hydrogen (secondary N) is 2. The first kappa shape index (κ1) is 21.5. The van der Waals surface area contributed by atoms with E-state index < -0.39 is 17.7 Å². The van der Waals surface area contributed by atoms with Crippen LogP contribution in [0.25, 0.3) is 10.6 Å². The van der Waals surface area contributed by atoms with Gasteiger partial charge in [0, 0.05) is 39.7 Å². The standard InChI is InChI=1S/C21H19ClN4O3S/c1-12-17(30-21(25-12)14-2-6-15(22)7-3-14)10-11-24-19(28)20(29)26-16-8-4-13(5-9-16)18(23)27/h2-9H,10-11H2,1H3,(H2,23,27)(H,24,28)(H,26,29). The lowest BCUT2D eigenvalue weighted by Crippen LogP contribution is -2.36. The van der Waals surface area contributed by atoms with E-state index in [1.54, 1.807) is 11.3 Å². The quantitative estimate of drug-likeness (QED) is 0.508. The monoisotopic (exact) mass is 442 g/mol. The van der Waals surface area contributed by atoms with Crippen molar-refractivity contribution in [2.45, 2.75) is 13.3 Å². The normalized spacial score (nSPS) is 10.5. The Kier molecular flexibility index (Phi) is 6.81. The molecule has 3 rings (SSSR count). The Bertz CT molecular complexity index is 1080. The van der Waals surface area contributed by atoms with Gasteiger partial charge < -0.3 is 16.4 Å². The maximum Gasteiger partial charge on any atom is 0.313 e. The summed E-state index contributed by atoms with van der Waals surface area (Å²) in [6.45, 7) is 2.21. The highest BCUT2D eigenvalue weighted by Gasteiger charge is 2.15. The van der Waals surface area contributed by atoms with E-state index in [2.05, 4.69) is 15.6 Å². The first-order chi connectivity index (χ1) is 14.3. The lowest BCUT2D eigenvalue weighted by molar-refractivity contribution is -0.136. The van der Waals surface area contributed by atoms with Crippen LogP contribution in [0.1, 0.15) is 20.9 Å². The van der Waals surface area contributed by atoms with Crippen molar-refractivity contribution in [2.24, 2.45) is 5.73 Å². The molecule has 0 aliphatic carbocycles. The molecule has 1 heterocycles. The van der Waals surface area contributed by atoms with Gasteiger partial charge in [0.2, 0.25) is 5.91 Å². The van der Waals surface area contributed by atoms with Crippen LogP contribution in [-0.2, 0) is 16.0 Å². The summed E-state index contributed by atoms with van der Waals surface area (Å²) in [5.41, 5.74) is 7.74. The van der Waals surface area contributed by atoms with Gasteiger partial charge in [0.1, 0.15) is 5.01 Å². The number of anilines is 1. The molecule has 0 aliphatic heterocycles. The molecule has 7 nitrogen and oxygen atoms in total. The molecule has 9 heteroatoms. The predicted molar refractivity (Wildman–Crippen MR) is 118 cm³/mol. The van der Waals surface area contributed by atoms with Crippen LogP contribution in [0.3, 0.4) is 0 Å². The van der Waals surface area contributed by atoms with Crippen molar-refractivity contribution in [1.82, 2.24) is 10.3 Å². The molecule has 0 radical (unpaired) electrons. The first-order valence-corrected chi connectivity index (χ1v) is 10.2. The number of nitrogens with two attached hydrogens (primary N) is 1. The lowest BCUT2D eigenvalue weighted by atomic mass is 10.2. The molecule has 0 unspecified atom stereocenters. The Labute approximate surface area is 182 Å². The van der Waals surface area contributed by atoms with Crippen molar-refractivity contribution >= 4 is 46.3 Å². The van der Waals surface area contributed by atoms with Gasteiger partial charge in [0.25, 0.3) is 0 Å². The number of carbonyl (C=O) groups excluding carboxylic acids is 3. The Balaban J connectivity index is 1.52. The molecule has 154 valence electrons. The van der Waals surface area contributed by atoms with E-state index >= 15 is 0 Å². The third-order valence-electron chi connectivity index (χ3n) is 4.25. The van der Waals surface area contributed by atoms with E-state index in [1.807, 2.05) is 31.2 Å². The molecule has 3 aromatic rings. The van der Waals surface area contributed by atoms with Crippen molar-refractivity contribution < 1.29 is 14.4 Å². The number of amides is 3. The average molecular weight is 443 g/mol. The zero-order chi connectivity index (χ0) is 21.7. The molecule has 1 aromatic heterocycles. The molecule has 3 amide bonds. The molecule has 0 fully saturated rings. The minimum absolute atomic E-state index is 0.302. The van der Waals surface area contributed by atoms with E-state index in [9.17, 15) is 14.4 Å². The number of nitrogens with zero attached hydrogens (tertiary/aromatic N) is 1. The van der Waals surface area contributed by atoms with Crippen LogP contribution in [0.2, 0.25) is 5.02 Å². The SMILES string of the molecule is Cc1nc(-c2ccc(Cl)cc2)sc1CCNC(=O)C(=O)Nc1ccc(C(N)=O)cc1. The van der Waals surface area contributed by atoms with E-state index in [-0.39, 0.29) is 0 Å². The van der Waals surface area contributed by atoms with Gasteiger partial charge in [-0.2, -0.15) is 0 Å². The minimum atomic E-state index is -0.787. The van der Waals surface area contributed by atoms with Gasteiger partial charge in [-0.05, 0) is 43.3 Å². The smallest absolute Gasteiger partial charge is 0.313 e. The molecule has 0 atom stereocenters. The van der Waals surface area contributed by atoms with Crippen LogP contribution >= 0.6 is 22.9 Å². The van der Waals surface area contributed by atoms with Crippen molar-refractivity contribution in [3.8, 4) is 10.6 Å². The fourth-order valence-electron chi connectivity index (χ4n) is 2.65. The maximum absolute atomic E-state index is 12.0. The zero-order valence-electron chi connectivity index (χ0n) is 16.1. The summed E-state index contributed by atoms with van der Waals surface area (Å²) in [5, 5.41) is 6.62. The second kappa shape index (κ2) is 9.51. The molecule has 4 N–H and O–H groups in total. The van der Waals surface area contributed by atoms with Gasteiger partial charge >= 0.3 is 11.8 Å². The highest BCUT2D eigenvalue weighted by Crippen LogP contribution is 2.28. The van der Waals surface area contributed by atoms with Gasteiger partial charge in [-0.3, -0.25) is 14.4 Å². The zero-order valence-corrected chi connectivity index (χ0v) is 17.6. The second-order valence-corrected chi connectivity index (χ2v) is 7.96. The van der Waals surface area contributed by atoms with Gasteiger partial charge in [-0.15, -0.1) is 11.3 Å². The Morgan fingerprint density at radius 1 is 1.03 bits per heavy atom. The van der Waals surface area contributed by atoms with Gasteiger partial charge in [-0.1, -0.05) is 23.7 Å². The molecular weight excluding hydrogens is 424 g/mol. The summed E-state index contributed by atoms with van der Waals surface area (Å²) < 4.78 is 0. The second-order valence-electron chi connectivity index (χ2n) is 6.44. The Hall–Kier alpha value is -3.23. The van der Waals surface area contributed by atoms with E-state index in [0.29, 0.717) is 29.2 Å². The fourth-order valence-corrected chi connectivity index (χ4v) is 3.84. The molecule has 0 aliphatic rings. The summed E-state index contributed by atoms with van der Waals surface area (Å²) in [6, 6.07) is 13.4.